The van der Waals surface area contributed by atoms with Gasteiger partial charge in [0.1, 0.15) is 0 Å². The number of rotatable bonds is 7. The molecule has 0 aliphatic carbocycles. The lowest BCUT2D eigenvalue weighted by Gasteiger charge is -2.05. The fraction of sp³-hybridized carbons (Fsp3) is 0.538. The zero-order chi connectivity index (χ0) is 10.9. The lowest BCUT2D eigenvalue weighted by atomic mass is 10.2. The third-order valence-corrected chi connectivity index (χ3v) is 3.99. The van der Waals surface area contributed by atoms with Gasteiger partial charge in [-0.2, -0.15) is 0 Å². The average Bonchev–Trinajstić information content (AvgIpc) is 2.29. The van der Waals surface area contributed by atoms with Gasteiger partial charge in [0.2, 0.25) is 0 Å². The van der Waals surface area contributed by atoms with E-state index in [-0.39, 0.29) is 0 Å². The maximum absolute atomic E-state index is 6.05. The Balaban J connectivity index is 2.03. The summed E-state index contributed by atoms with van der Waals surface area (Å²) in [4.78, 5) is 1.37. The van der Waals surface area contributed by atoms with Crippen molar-refractivity contribution in [3.63, 3.8) is 0 Å². The molecule has 1 rings (SSSR count). The standard InChI is InChI=1S/C13H19ClS/c1-2-12(14)8-6-7-11-15-13-9-4-3-5-10-13/h3-5,9-10,12H,2,6-8,11H2,1H3. The van der Waals surface area contributed by atoms with Gasteiger partial charge in [-0.05, 0) is 37.1 Å². The molecule has 0 aliphatic rings. The SMILES string of the molecule is CCC(Cl)CCCCSc1ccccc1. The van der Waals surface area contributed by atoms with E-state index in [1.54, 1.807) is 0 Å². The van der Waals surface area contributed by atoms with Crippen LogP contribution in [0.15, 0.2) is 35.2 Å². The van der Waals surface area contributed by atoms with Crippen LogP contribution in [0.2, 0.25) is 0 Å². The Morgan fingerprint density at radius 3 is 2.60 bits per heavy atom. The molecule has 0 amide bonds. The van der Waals surface area contributed by atoms with Crippen LogP contribution in [0.1, 0.15) is 32.6 Å². The lowest BCUT2D eigenvalue weighted by Crippen LogP contribution is -1.95. The number of benzene rings is 1. The first-order valence-corrected chi connectivity index (χ1v) is 7.07. The Morgan fingerprint density at radius 1 is 1.20 bits per heavy atom. The molecule has 84 valence electrons. The van der Waals surface area contributed by atoms with Gasteiger partial charge >= 0.3 is 0 Å². The van der Waals surface area contributed by atoms with Gasteiger partial charge in [-0.25, -0.2) is 0 Å². The minimum atomic E-state index is 0.381. The summed E-state index contributed by atoms with van der Waals surface area (Å²) < 4.78 is 0. The van der Waals surface area contributed by atoms with Crippen molar-refractivity contribution in [3.05, 3.63) is 30.3 Å². The van der Waals surface area contributed by atoms with Gasteiger partial charge < -0.3 is 0 Å². The van der Waals surface area contributed by atoms with E-state index in [2.05, 4.69) is 37.3 Å². The third kappa shape index (κ3) is 6.11. The highest BCUT2D eigenvalue weighted by molar-refractivity contribution is 7.99. The average molecular weight is 243 g/mol. The first-order chi connectivity index (χ1) is 7.33. The van der Waals surface area contributed by atoms with Crippen LogP contribution in [-0.4, -0.2) is 11.1 Å². The molecule has 1 aromatic carbocycles. The van der Waals surface area contributed by atoms with Crippen LogP contribution in [0.3, 0.4) is 0 Å². The zero-order valence-corrected chi connectivity index (χ0v) is 10.9. The van der Waals surface area contributed by atoms with Gasteiger partial charge in [0, 0.05) is 10.3 Å². The molecule has 0 radical (unpaired) electrons. The molecule has 0 spiro atoms. The molecule has 0 bridgehead atoms. The highest BCUT2D eigenvalue weighted by atomic mass is 35.5. The normalized spacial score (nSPS) is 12.7. The van der Waals surface area contributed by atoms with Gasteiger partial charge in [0.15, 0.2) is 0 Å². The number of thioether (sulfide) groups is 1. The van der Waals surface area contributed by atoms with Crippen molar-refractivity contribution in [1.29, 1.82) is 0 Å². The molecular formula is C13H19ClS. The summed E-state index contributed by atoms with van der Waals surface area (Å²) in [7, 11) is 0. The van der Waals surface area contributed by atoms with Crippen LogP contribution < -0.4 is 0 Å². The van der Waals surface area contributed by atoms with Gasteiger partial charge in [0.25, 0.3) is 0 Å². The van der Waals surface area contributed by atoms with Gasteiger partial charge in [0.05, 0.1) is 0 Å². The first kappa shape index (κ1) is 12.9. The summed E-state index contributed by atoms with van der Waals surface area (Å²) in [5.41, 5.74) is 0. The largest absolute Gasteiger partial charge is 0.126 e. The highest BCUT2D eigenvalue weighted by Gasteiger charge is 2.00. The number of hydrogen-bond acceptors (Lipinski definition) is 1. The van der Waals surface area contributed by atoms with E-state index in [9.17, 15) is 0 Å². The van der Waals surface area contributed by atoms with Crippen molar-refractivity contribution in [2.24, 2.45) is 0 Å². The van der Waals surface area contributed by atoms with Crippen molar-refractivity contribution >= 4 is 23.4 Å². The summed E-state index contributed by atoms with van der Waals surface area (Å²) in [6.07, 6.45) is 4.77. The van der Waals surface area contributed by atoms with Crippen molar-refractivity contribution in [2.45, 2.75) is 42.9 Å². The molecule has 1 unspecified atom stereocenters. The minimum absolute atomic E-state index is 0.381. The second kappa shape index (κ2) is 8.06. The quantitative estimate of drug-likeness (QED) is 0.370. The van der Waals surface area contributed by atoms with Crippen molar-refractivity contribution < 1.29 is 0 Å². The van der Waals surface area contributed by atoms with Crippen LogP contribution >= 0.6 is 23.4 Å². The molecule has 0 fully saturated rings. The second-order valence-corrected chi connectivity index (χ2v) is 5.45. The molecule has 1 aromatic rings. The Kier molecular flexibility index (Phi) is 6.95. The summed E-state index contributed by atoms with van der Waals surface area (Å²) >= 11 is 7.99. The maximum Gasteiger partial charge on any atom is 0.0333 e. The second-order valence-electron chi connectivity index (χ2n) is 3.66. The van der Waals surface area contributed by atoms with Gasteiger partial charge in [-0.3, -0.25) is 0 Å². The smallest absolute Gasteiger partial charge is 0.0333 e. The maximum atomic E-state index is 6.05. The molecule has 0 saturated heterocycles. The highest BCUT2D eigenvalue weighted by Crippen LogP contribution is 2.19. The number of alkyl halides is 1. The Hall–Kier alpha value is -0.140. The predicted molar refractivity (Wildman–Crippen MR) is 70.9 cm³/mol. The molecule has 0 saturated carbocycles. The van der Waals surface area contributed by atoms with E-state index >= 15 is 0 Å². The molecule has 2 heteroatoms. The number of unbranched alkanes of at least 4 members (excludes halogenated alkanes) is 1. The topological polar surface area (TPSA) is 0 Å². The summed E-state index contributed by atoms with van der Waals surface area (Å²) in [5, 5.41) is 0.381. The van der Waals surface area contributed by atoms with E-state index in [1.807, 2.05) is 11.8 Å². The molecule has 0 nitrogen and oxygen atoms in total. The van der Waals surface area contributed by atoms with Crippen LogP contribution in [0.5, 0.6) is 0 Å². The molecule has 0 heterocycles. The monoisotopic (exact) mass is 242 g/mol. The van der Waals surface area contributed by atoms with E-state index < -0.39 is 0 Å². The first-order valence-electron chi connectivity index (χ1n) is 5.65. The minimum Gasteiger partial charge on any atom is -0.126 e. The molecule has 15 heavy (non-hydrogen) atoms. The molecule has 0 N–H and O–H groups in total. The molecule has 0 aliphatic heterocycles. The Labute approximate surface area is 102 Å². The van der Waals surface area contributed by atoms with Crippen molar-refractivity contribution in [3.8, 4) is 0 Å². The fourth-order valence-electron chi connectivity index (χ4n) is 1.38. The van der Waals surface area contributed by atoms with Gasteiger partial charge in [-0.1, -0.05) is 31.5 Å². The fourth-order valence-corrected chi connectivity index (χ4v) is 2.47. The predicted octanol–water partition coefficient (Wildman–Crippen LogP) is 4.97. The Bertz CT molecular complexity index is 248. The van der Waals surface area contributed by atoms with E-state index in [0.717, 1.165) is 12.8 Å². The zero-order valence-electron chi connectivity index (χ0n) is 9.29. The van der Waals surface area contributed by atoms with Crippen molar-refractivity contribution in [1.82, 2.24) is 0 Å². The summed E-state index contributed by atoms with van der Waals surface area (Å²) in [5.74, 6) is 1.21. The lowest BCUT2D eigenvalue weighted by molar-refractivity contribution is 0.667. The Morgan fingerprint density at radius 2 is 1.93 bits per heavy atom. The van der Waals surface area contributed by atoms with Gasteiger partial charge in [-0.15, -0.1) is 23.4 Å². The van der Waals surface area contributed by atoms with Crippen LogP contribution in [0, 0.1) is 0 Å². The van der Waals surface area contributed by atoms with Crippen LogP contribution in [0.4, 0.5) is 0 Å². The summed E-state index contributed by atoms with van der Waals surface area (Å²) in [6, 6.07) is 10.6. The van der Waals surface area contributed by atoms with E-state index in [0.29, 0.717) is 5.38 Å². The summed E-state index contributed by atoms with van der Waals surface area (Å²) in [6.45, 7) is 2.15. The number of hydrogen-bond donors (Lipinski definition) is 0. The molecule has 1 atom stereocenters. The molecular weight excluding hydrogens is 224 g/mol. The molecule has 0 aromatic heterocycles. The van der Waals surface area contributed by atoms with Crippen molar-refractivity contribution in [2.75, 3.05) is 5.75 Å². The van der Waals surface area contributed by atoms with Crippen LogP contribution in [0.25, 0.3) is 0 Å². The van der Waals surface area contributed by atoms with E-state index in [4.69, 9.17) is 11.6 Å². The number of halogens is 1. The van der Waals surface area contributed by atoms with E-state index in [1.165, 1.54) is 23.5 Å². The van der Waals surface area contributed by atoms with Crippen LogP contribution in [-0.2, 0) is 0 Å². The third-order valence-electron chi connectivity index (χ3n) is 2.37.